The van der Waals surface area contributed by atoms with E-state index in [2.05, 4.69) is 77.0 Å². The first-order chi connectivity index (χ1) is 19.2. The molecule has 0 saturated carbocycles. The molecule has 0 aliphatic carbocycles. The molecule has 40 heavy (non-hydrogen) atoms. The van der Waals surface area contributed by atoms with Crippen molar-refractivity contribution in [2.45, 2.75) is 39.8 Å². The predicted molar refractivity (Wildman–Crippen MR) is 165 cm³/mol. The molecule has 0 radical (unpaired) electrons. The van der Waals surface area contributed by atoms with Gasteiger partial charge in [-0.3, -0.25) is 9.78 Å². The van der Waals surface area contributed by atoms with E-state index in [9.17, 15) is 4.79 Å². The van der Waals surface area contributed by atoms with E-state index in [1.54, 1.807) is 12.3 Å². The van der Waals surface area contributed by atoms with Gasteiger partial charge in [-0.25, -0.2) is 0 Å². The van der Waals surface area contributed by atoms with Crippen LogP contribution in [0, 0.1) is 27.7 Å². The molecule has 2 N–H and O–H groups in total. The lowest BCUT2D eigenvalue weighted by molar-refractivity contribution is -0.119. The van der Waals surface area contributed by atoms with Crippen LogP contribution in [0.1, 0.15) is 45.9 Å². The fraction of sp³-hybridized carbons (Fsp3) is 0.258. The van der Waals surface area contributed by atoms with Crippen LogP contribution in [0.25, 0.3) is 5.69 Å². The Morgan fingerprint density at radius 1 is 1.10 bits per heavy atom. The van der Waals surface area contributed by atoms with Crippen molar-refractivity contribution in [1.82, 2.24) is 14.9 Å². The predicted octanol–water partition coefficient (Wildman–Crippen LogP) is 6.52. The number of carbonyl (C=O) groups excluding carboxylic acids is 1. The van der Waals surface area contributed by atoms with E-state index in [1.165, 1.54) is 18.2 Å². The number of methoxy groups -OCH3 is 1. The van der Waals surface area contributed by atoms with E-state index in [4.69, 9.17) is 28.6 Å². The van der Waals surface area contributed by atoms with Gasteiger partial charge < -0.3 is 24.8 Å². The average molecular weight is 574 g/mol. The molecule has 2 aromatic heterocycles. The number of rotatable bonds is 7. The van der Waals surface area contributed by atoms with Crippen LogP contribution < -0.4 is 15.5 Å². The number of thiocarbonyl (C=S) groups is 1. The van der Waals surface area contributed by atoms with Gasteiger partial charge in [0.15, 0.2) is 5.11 Å². The summed E-state index contributed by atoms with van der Waals surface area (Å²) in [4.78, 5) is 18.9. The molecule has 7 nitrogen and oxygen atoms in total. The van der Waals surface area contributed by atoms with Crippen molar-refractivity contribution in [2.24, 2.45) is 0 Å². The zero-order chi connectivity index (χ0) is 28.6. The van der Waals surface area contributed by atoms with Gasteiger partial charge in [-0.2, -0.15) is 0 Å². The van der Waals surface area contributed by atoms with Crippen LogP contribution in [0.4, 0.5) is 11.4 Å². The summed E-state index contributed by atoms with van der Waals surface area (Å²) in [6, 6.07) is 19.8. The number of nitrogens with zero attached hydrogens (tertiary/aromatic N) is 3. The van der Waals surface area contributed by atoms with E-state index in [-0.39, 0.29) is 24.6 Å². The summed E-state index contributed by atoms with van der Waals surface area (Å²) in [5.41, 5.74) is 9.18. The van der Waals surface area contributed by atoms with Crippen LogP contribution in [0.15, 0.2) is 66.9 Å². The lowest BCUT2D eigenvalue weighted by Gasteiger charge is -2.28. The molecule has 0 bridgehead atoms. The third kappa shape index (κ3) is 5.22. The first kappa shape index (κ1) is 27.8. The summed E-state index contributed by atoms with van der Waals surface area (Å²) in [6.07, 6.45) is 1.80. The molecular formula is C31H32ClN5O2S. The van der Waals surface area contributed by atoms with Crippen LogP contribution in [0.2, 0.25) is 5.02 Å². The first-order valence-corrected chi connectivity index (χ1v) is 13.8. The third-order valence-corrected chi connectivity index (χ3v) is 7.90. The number of aryl methyl sites for hydroxylation is 3. The van der Waals surface area contributed by atoms with Gasteiger partial charge in [-0.1, -0.05) is 29.8 Å². The number of pyridine rings is 1. The summed E-state index contributed by atoms with van der Waals surface area (Å²) in [5, 5.41) is 7.29. The summed E-state index contributed by atoms with van der Waals surface area (Å²) in [6.45, 7) is 8.48. The zero-order valence-electron chi connectivity index (χ0n) is 23.2. The maximum absolute atomic E-state index is 12.1. The maximum Gasteiger partial charge on any atom is 0.250 e. The largest absolute Gasteiger partial charge is 0.375 e. The van der Waals surface area contributed by atoms with Crippen LogP contribution in [0.5, 0.6) is 0 Å². The van der Waals surface area contributed by atoms with Crippen molar-refractivity contribution in [1.29, 1.82) is 0 Å². The summed E-state index contributed by atoms with van der Waals surface area (Å²) in [5.74, 6) is -0.275. The van der Waals surface area contributed by atoms with Crippen LogP contribution in [-0.4, -0.2) is 34.3 Å². The van der Waals surface area contributed by atoms with E-state index >= 15 is 0 Å². The number of anilines is 2. The lowest BCUT2D eigenvalue weighted by Crippen LogP contribution is -2.29. The highest BCUT2D eigenvalue weighted by atomic mass is 35.5. The van der Waals surface area contributed by atoms with E-state index in [1.807, 2.05) is 30.3 Å². The van der Waals surface area contributed by atoms with Crippen molar-refractivity contribution >= 4 is 46.2 Å². The van der Waals surface area contributed by atoms with E-state index < -0.39 is 0 Å². The minimum atomic E-state index is -0.275. The number of benzene rings is 2. The molecule has 1 amide bonds. The molecule has 3 heterocycles. The standard InChI is InChI=1S/C31H32ClN5O2S/c1-18-9-10-19(2)27(14-18)36-20(3)15-23(21(36)4)30-29(26-8-6-7-13-33-26)35-31(40)37(30)22-11-12-25(24(32)16-22)34-28(38)17-39-5/h6-16,29-30H,17H2,1-5H3,(H,34,38)(H,35,40)/t29-,30-/m1/s1. The van der Waals surface area contributed by atoms with Crippen molar-refractivity contribution in [3.8, 4) is 5.69 Å². The van der Waals surface area contributed by atoms with Crippen LogP contribution in [0.3, 0.4) is 0 Å². The van der Waals surface area contributed by atoms with Gasteiger partial charge in [0.25, 0.3) is 0 Å². The summed E-state index contributed by atoms with van der Waals surface area (Å²) < 4.78 is 7.24. The van der Waals surface area contributed by atoms with Crippen molar-refractivity contribution in [2.75, 3.05) is 23.9 Å². The molecule has 4 aromatic rings. The van der Waals surface area contributed by atoms with Gasteiger partial charge in [-0.05, 0) is 99.1 Å². The monoisotopic (exact) mass is 573 g/mol. The second-order valence-electron chi connectivity index (χ2n) is 10.1. The Morgan fingerprint density at radius 3 is 2.60 bits per heavy atom. The molecule has 1 fully saturated rings. The number of carbonyl (C=O) groups is 1. The molecule has 9 heteroatoms. The molecule has 1 aliphatic rings. The van der Waals surface area contributed by atoms with Gasteiger partial charge in [0.2, 0.25) is 5.91 Å². The number of ether oxygens (including phenoxy) is 1. The molecule has 1 saturated heterocycles. The third-order valence-electron chi connectivity index (χ3n) is 7.27. The second kappa shape index (κ2) is 11.4. The average Bonchev–Trinajstić information content (AvgIpc) is 3.42. The Bertz CT molecular complexity index is 1590. The maximum atomic E-state index is 12.1. The lowest BCUT2D eigenvalue weighted by atomic mass is 9.96. The molecule has 0 spiro atoms. The quantitative estimate of drug-likeness (QED) is 0.245. The zero-order valence-corrected chi connectivity index (χ0v) is 24.7. The fourth-order valence-electron chi connectivity index (χ4n) is 5.44. The highest BCUT2D eigenvalue weighted by Gasteiger charge is 2.42. The van der Waals surface area contributed by atoms with Crippen LogP contribution >= 0.6 is 23.8 Å². The Morgan fingerprint density at radius 2 is 1.90 bits per heavy atom. The fourth-order valence-corrected chi connectivity index (χ4v) is 6.01. The Kier molecular flexibility index (Phi) is 7.94. The number of hydrogen-bond acceptors (Lipinski definition) is 4. The number of amides is 1. The molecule has 206 valence electrons. The Hall–Kier alpha value is -3.72. The Labute approximate surface area is 245 Å². The van der Waals surface area contributed by atoms with Crippen molar-refractivity contribution < 1.29 is 9.53 Å². The number of hydrogen-bond donors (Lipinski definition) is 2. The topological polar surface area (TPSA) is 71.4 Å². The first-order valence-electron chi connectivity index (χ1n) is 13.0. The van der Waals surface area contributed by atoms with Gasteiger partial charge in [-0.15, -0.1) is 0 Å². The van der Waals surface area contributed by atoms with Crippen LogP contribution in [-0.2, 0) is 9.53 Å². The number of aromatic nitrogens is 2. The number of nitrogens with one attached hydrogen (secondary N) is 2. The minimum Gasteiger partial charge on any atom is -0.375 e. The molecule has 5 rings (SSSR count). The van der Waals surface area contributed by atoms with Gasteiger partial charge >= 0.3 is 0 Å². The molecular weight excluding hydrogens is 542 g/mol. The van der Waals surface area contributed by atoms with E-state index in [0.717, 1.165) is 34.0 Å². The molecule has 2 aromatic carbocycles. The van der Waals surface area contributed by atoms with Gasteiger partial charge in [0, 0.05) is 36.1 Å². The van der Waals surface area contributed by atoms with Gasteiger partial charge in [0.1, 0.15) is 6.61 Å². The highest BCUT2D eigenvalue weighted by molar-refractivity contribution is 7.80. The minimum absolute atomic E-state index is 0.0535. The number of halogens is 1. The summed E-state index contributed by atoms with van der Waals surface area (Å²) >= 11 is 12.6. The molecule has 0 unspecified atom stereocenters. The summed E-state index contributed by atoms with van der Waals surface area (Å²) in [7, 11) is 1.47. The molecule has 2 atom stereocenters. The second-order valence-corrected chi connectivity index (χ2v) is 10.9. The van der Waals surface area contributed by atoms with E-state index in [0.29, 0.717) is 15.8 Å². The van der Waals surface area contributed by atoms with Crippen molar-refractivity contribution in [3.63, 3.8) is 0 Å². The normalized spacial score (nSPS) is 16.8. The Balaban J connectivity index is 1.63. The highest BCUT2D eigenvalue weighted by Crippen LogP contribution is 2.45. The van der Waals surface area contributed by atoms with Crippen molar-refractivity contribution in [3.05, 3.63) is 106 Å². The smallest absolute Gasteiger partial charge is 0.250 e. The van der Waals surface area contributed by atoms with Gasteiger partial charge in [0.05, 0.1) is 28.5 Å². The molecule has 1 aliphatic heterocycles. The SMILES string of the molecule is COCC(=O)Nc1ccc(N2C(=S)N[C@H](c3ccccn3)[C@H]2c2cc(C)n(-c3cc(C)ccc3C)c2C)cc1Cl.